The molecule has 1 aliphatic rings. The summed E-state index contributed by atoms with van der Waals surface area (Å²) in [5, 5.41) is 3.59. The molecule has 1 aromatic carbocycles. The summed E-state index contributed by atoms with van der Waals surface area (Å²) in [7, 11) is -3.52. The van der Waals surface area contributed by atoms with E-state index in [1.807, 2.05) is 0 Å². The van der Waals surface area contributed by atoms with Crippen LogP contribution in [0.3, 0.4) is 0 Å². The Kier molecular flexibility index (Phi) is 6.56. The maximum Gasteiger partial charge on any atom is 0.241 e. The first-order chi connectivity index (χ1) is 8.50. The summed E-state index contributed by atoms with van der Waals surface area (Å²) in [5.74, 6) is 0. The van der Waals surface area contributed by atoms with Crippen LogP contribution in [-0.4, -0.2) is 27.5 Å². The van der Waals surface area contributed by atoms with Crippen LogP contribution in [-0.2, 0) is 10.0 Å². The Morgan fingerprint density at radius 1 is 1.32 bits per heavy atom. The van der Waals surface area contributed by atoms with Crippen molar-refractivity contribution < 1.29 is 8.42 Å². The van der Waals surface area contributed by atoms with Crippen molar-refractivity contribution in [2.45, 2.75) is 23.8 Å². The highest BCUT2D eigenvalue weighted by atomic mass is 79.9. The van der Waals surface area contributed by atoms with Crippen LogP contribution in [0.25, 0.3) is 0 Å². The molecule has 2 N–H and O–H groups in total. The lowest BCUT2D eigenvalue weighted by atomic mass is 10.1. The lowest BCUT2D eigenvalue weighted by Gasteiger charge is -2.23. The van der Waals surface area contributed by atoms with E-state index in [-0.39, 0.29) is 23.3 Å². The van der Waals surface area contributed by atoms with Gasteiger partial charge in [-0.15, -0.1) is 12.4 Å². The van der Waals surface area contributed by atoms with Crippen LogP contribution in [0.2, 0.25) is 5.02 Å². The molecule has 4 nitrogen and oxygen atoms in total. The average molecular weight is 390 g/mol. The number of hydrogen-bond donors (Lipinski definition) is 2. The molecule has 1 aliphatic heterocycles. The van der Waals surface area contributed by atoms with Crippen molar-refractivity contribution in [3.8, 4) is 0 Å². The van der Waals surface area contributed by atoms with E-state index in [2.05, 4.69) is 26.0 Å². The number of nitrogens with one attached hydrogen (secondary N) is 2. The van der Waals surface area contributed by atoms with Gasteiger partial charge in [-0.1, -0.05) is 17.7 Å². The molecule has 0 amide bonds. The third-order valence-corrected chi connectivity index (χ3v) is 6.09. The molecule has 108 valence electrons. The summed E-state index contributed by atoms with van der Waals surface area (Å²) < 4.78 is 27.6. The minimum absolute atomic E-state index is 0. The van der Waals surface area contributed by atoms with E-state index in [0.29, 0.717) is 9.50 Å². The van der Waals surface area contributed by atoms with E-state index in [1.165, 1.54) is 0 Å². The average Bonchev–Trinajstić information content (AvgIpc) is 2.33. The normalized spacial score (nSPS) is 16.9. The molecule has 0 unspecified atom stereocenters. The third kappa shape index (κ3) is 4.31. The van der Waals surface area contributed by atoms with Crippen LogP contribution in [0.1, 0.15) is 12.8 Å². The van der Waals surface area contributed by atoms with E-state index >= 15 is 0 Å². The SMILES string of the molecule is Cl.O=S(=O)(NC1CCNCC1)c1cccc(Cl)c1Br. The smallest absolute Gasteiger partial charge is 0.241 e. The predicted octanol–water partition coefficient (Wildman–Crippen LogP) is 2.55. The molecule has 8 heteroatoms. The molecule has 0 aliphatic carbocycles. The second kappa shape index (κ2) is 7.24. The predicted molar refractivity (Wildman–Crippen MR) is 82.6 cm³/mol. The quantitative estimate of drug-likeness (QED) is 0.835. The van der Waals surface area contributed by atoms with Gasteiger partial charge in [-0.3, -0.25) is 0 Å². The number of benzene rings is 1. The highest BCUT2D eigenvalue weighted by molar-refractivity contribution is 9.10. The number of sulfonamides is 1. The van der Waals surface area contributed by atoms with Crippen molar-refractivity contribution in [1.29, 1.82) is 0 Å². The molecule has 0 radical (unpaired) electrons. The van der Waals surface area contributed by atoms with Gasteiger partial charge < -0.3 is 5.32 Å². The second-order valence-electron chi connectivity index (χ2n) is 4.20. The molecular weight excluding hydrogens is 375 g/mol. The van der Waals surface area contributed by atoms with Gasteiger partial charge in [0.05, 0.1) is 14.4 Å². The van der Waals surface area contributed by atoms with Gasteiger partial charge in [0.1, 0.15) is 0 Å². The number of piperidine rings is 1. The molecule has 0 atom stereocenters. The fraction of sp³-hybridized carbons (Fsp3) is 0.455. The summed E-state index contributed by atoms with van der Waals surface area (Å²) >= 11 is 9.13. The Morgan fingerprint density at radius 3 is 2.58 bits per heavy atom. The molecule has 0 aromatic heterocycles. The zero-order chi connectivity index (χ0) is 13.2. The summed E-state index contributed by atoms with van der Waals surface area (Å²) in [6, 6.07) is 4.81. The molecule has 2 rings (SSSR count). The van der Waals surface area contributed by atoms with Gasteiger partial charge in [-0.05, 0) is 54.0 Å². The molecule has 0 spiro atoms. The molecule has 0 bridgehead atoms. The number of halogens is 3. The van der Waals surface area contributed by atoms with Crippen molar-refractivity contribution in [1.82, 2.24) is 10.0 Å². The topological polar surface area (TPSA) is 58.2 Å². The third-order valence-electron chi connectivity index (χ3n) is 2.87. The van der Waals surface area contributed by atoms with Crippen molar-refractivity contribution >= 4 is 50.0 Å². The van der Waals surface area contributed by atoms with Crippen LogP contribution in [0, 0.1) is 0 Å². The zero-order valence-corrected chi connectivity index (χ0v) is 14.0. The van der Waals surface area contributed by atoms with Gasteiger partial charge in [0.25, 0.3) is 0 Å². The monoisotopic (exact) mass is 388 g/mol. The van der Waals surface area contributed by atoms with Crippen molar-refractivity contribution in [2.24, 2.45) is 0 Å². The Balaban J connectivity index is 0.00000180. The van der Waals surface area contributed by atoms with Gasteiger partial charge in [-0.2, -0.15) is 0 Å². The van der Waals surface area contributed by atoms with Gasteiger partial charge in [0.2, 0.25) is 10.0 Å². The first-order valence-electron chi connectivity index (χ1n) is 5.68. The molecule has 1 aromatic rings. The van der Waals surface area contributed by atoms with E-state index in [1.54, 1.807) is 18.2 Å². The largest absolute Gasteiger partial charge is 0.317 e. The summed E-state index contributed by atoms with van der Waals surface area (Å²) in [4.78, 5) is 0.188. The van der Waals surface area contributed by atoms with Crippen LogP contribution < -0.4 is 10.0 Å². The van der Waals surface area contributed by atoms with Gasteiger partial charge in [-0.25, -0.2) is 13.1 Å². The Morgan fingerprint density at radius 2 is 1.95 bits per heavy atom. The summed E-state index contributed by atoms with van der Waals surface area (Å²) in [6.45, 7) is 1.67. The highest BCUT2D eigenvalue weighted by Gasteiger charge is 2.24. The minimum atomic E-state index is -3.52. The zero-order valence-electron chi connectivity index (χ0n) is 10.0. The first-order valence-corrected chi connectivity index (χ1v) is 8.33. The Hall–Kier alpha value is 0.150. The molecule has 1 fully saturated rings. The van der Waals surface area contributed by atoms with Crippen LogP contribution in [0.5, 0.6) is 0 Å². The fourth-order valence-electron chi connectivity index (χ4n) is 1.91. The lowest BCUT2D eigenvalue weighted by Crippen LogP contribution is -2.42. The van der Waals surface area contributed by atoms with Gasteiger partial charge in [0, 0.05) is 6.04 Å². The van der Waals surface area contributed by atoms with Crippen molar-refractivity contribution in [3.05, 3.63) is 27.7 Å². The van der Waals surface area contributed by atoms with E-state index < -0.39 is 10.0 Å². The molecule has 0 saturated carbocycles. The number of rotatable bonds is 3. The summed E-state index contributed by atoms with van der Waals surface area (Å²) in [5.41, 5.74) is 0. The molecule has 19 heavy (non-hydrogen) atoms. The maximum atomic E-state index is 12.3. The molecule has 1 heterocycles. The molecule has 1 saturated heterocycles. The lowest BCUT2D eigenvalue weighted by molar-refractivity contribution is 0.427. The first kappa shape index (κ1) is 17.2. The maximum absolute atomic E-state index is 12.3. The Bertz CT molecular complexity index is 533. The minimum Gasteiger partial charge on any atom is -0.317 e. The second-order valence-corrected chi connectivity index (χ2v) is 7.08. The van der Waals surface area contributed by atoms with Crippen LogP contribution >= 0.6 is 39.9 Å². The number of hydrogen-bond acceptors (Lipinski definition) is 3. The van der Waals surface area contributed by atoms with Gasteiger partial charge in [0.15, 0.2) is 0 Å². The van der Waals surface area contributed by atoms with E-state index in [0.717, 1.165) is 25.9 Å². The Labute approximate surface area is 132 Å². The van der Waals surface area contributed by atoms with E-state index in [9.17, 15) is 8.42 Å². The highest BCUT2D eigenvalue weighted by Crippen LogP contribution is 2.29. The summed E-state index contributed by atoms with van der Waals surface area (Å²) in [6.07, 6.45) is 1.61. The van der Waals surface area contributed by atoms with Gasteiger partial charge >= 0.3 is 0 Å². The van der Waals surface area contributed by atoms with Crippen molar-refractivity contribution in [2.75, 3.05) is 13.1 Å². The standard InChI is InChI=1S/C11H14BrClN2O2S.ClH/c12-11-9(13)2-1-3-10(11)18(16,17)15-8-4-6-14-7-5-8;/h1-3,8,14-15H,4-7H2;1H. The van der Waals surface area contributed by atoms with Crippen molar-refractivity contribution in [3.63, 3.8) is 0 Å². The van der Waals surface area contributed by atoms with Crippen LogP contribution in [0.4, 0.5) is 0 Å². The molecular formula is C11H15BrCl2N2O2S. The van der Waals surface area contributed by atoms with Crippen LogP contribution in [0.15, 0.2) is 27.6 Å². The van der Waals surface area contributed by atoms with E-state index in [4.69, 9.17) is 11.6 Å². The fourth-order valence-corrected chi connectivity index (χ4v) is 4.45.